The molecule has 2 aromatic carbocycles. The van der Waals surface area contributed by atoms with Crippen LogP contribution in [0.5, 0.6) is 17.2 Å². The quantitative estimate of drug-likeness (QED) is 0.252. The normalized spacial score (nSPS) is 14.7. The lowest BCUT2D eigenvalue weighted by atomic mass is 10.0. The number of fused-ring (bicyclic) bond motifs is 2. The summed E-state index contributed by atoms with van der Waals surface area (Å²) in [4.78, 5) is 34.1. The summed E-state index contributed by atoms with van der Waals surface area (Å²) < 4.78 is 28.6. The largest absolute Gasteiger partial charge is 0.490 e. The van der Waals surface area contributed by atoms with E-state index in [1.807, 2.05) is 25.1 Å². The Morgan fingerprint density at radius 1 is 1.00 bits per heavy atom. The van der Waals surface area contributed by atoms with Crippen LogP contribution in [0.3, 0.4) is 0 Å². The molecule has 2 aliphatic heterocycles. The molecular weight excluding hydrogens is 554 g/mol. The summed E-state index contributed by atoms with van der Waals surface area (Å²) in [6.45, 7) is 5.83. The Labute approximate surface area is 247 Å². The van der Waals surface area contributed by atoms with Gasteiger partial charge in [-0.05, 0) is 37.6 Å². The number of ether oxygens (including phenoxy) is 5. The Morgan fingerprint density at radius 2 is 1.79 bits per heavy atom. The number of hydrogen-bond donors (Lipinski definition) is 2. The minimum Gasteiger partial charge on any atom is -0.490 e. The highest BCUT2D eigenvalue weighted by atomic mass is 16.6. The summed E-state index contributed by atoms with van der Waals surface area (Å²) in [5, 5.41) is 13.7. The van der Waals surface area contributed by atoms with Crippen LogP contribution < -0.4 is 19.5 Å². The molecule has 43 heavy (non-hydrogen) atoms. The van der Waals surface area contributed by atoms with Gasteiger partial charge in [0.1, 0.15) is 30.6 Å². The Kier molecular flexibility index (Phi) is 7.97. The van der Waals surface area contributed by atoms with Crippen molar-refractivity contribution in [3.63, 3.8) is 0 Å². The summed E-state index contributed by atoms with van der Waals surface area (Å²) in [7, 11) is 0. The van der Waals surface area contributed by atoms with Gasteiger partial charge in [0.05, 0.1) is 42.3 Å². The number of aromatic nitrogens is 2. The van der Waals surface area contributed by atoms with Gasteiger partial charge in [0.25, 0.3) is 0 Å². The summed E-state index contributed by atoms with van der Waals surface area (Å²) in [5.41, 5.74) is 4.02. The fraction of sp³-hybridized carbons (Fsp3) is 0.312. The van der Waals surface area contributed by atoms with E-state index >= 15 is 0 Å². The van der Waals surface area contributed by atoms with Crippen LogP contribution in [0.2, 0.25) is 0 Å². The van der Waals surface area contributed by atoms with E-state index in [1.165, 1.54) is 18.3 Å². The lowest BCUT2D eigenvalue weighted by Gasteiger charge is -2.24. The number of carbonyl (C=O) groups excluding carboxylic acids is 1. The maximum Gasteiger partial charge on any atom is 0.341 e. The van der Waals surface area contributed by atoms with E-state index in [2.05, 4.69) is 15.3 Å². The first-order valence-corrected chi connectivity index (χ1v) is 14.2. The number of pyridine rings is 2. The number of aromatic carboxylic acids is 1. The summed E-state index contributed by atoms with van der Waals surface area (Å²) >= 11 is 0. The zero-order chi connectivity index (χ0) is 29.9. The van der Waals surface area contributed by atoms with Crippen LogP contribution in [0, 0.1) is 6.92 Å². The first-order valence-electron chi connectivity index (χ1n) is 14.2. The number of carboxylic acids is 1. The molecule has 0 atom stereocenters. The van der Waals surface area contributed by atoms with Crippen LogP contribution in [0.4, 0.5) is 11.4 Å². The van der Waals surface area contributed by atoms with Crippen LogP contribution in [0.1, 0.15) is 46.2 Å². The Bertz CT molecular complexity index is 1700. The Hall–Kier alpha value is -4.90. The predicted octanol–water partition coefficient (Wildman–Crippen LogP) is 5.55. The highest BCUT2D eigenvalue weighted by molar-refractivity contribution is 6.07. The molecule has 222 valence electrons. The number of carbonyl (C=O) groups is 2. The Morgan fingerprint density at radius 3 is 2.56 bits per heavy atom. The lowest BCUT2D eigenvalue weighted by Crippen LogP contribution is -2.26. The van der Waals surface area contributed by atoms with Gasteiger partial charge < -0.3 is 34.1 Å². The molecule has 4 aromatic rings. The number of hydrogen-bond acceptors (Lipinski definition) is 10. The van der Waals surface area contributed by atoms with Crippen LogP contribution in [0.15, 0.2) is 48.8 Å². The van der Waals surface area contributed by atoms with Crippen molar-refractivity contribution in [2.45, 2.75) is 32.8 Å². The molecule has 0 unspecified atom stereocenters. The van der Waals surface area contributed by atoms with E-state index in [4.69, 9.17) is 23.7 Å². The van der Waals surface area contributed by atoms with Gasteiger partial charge in [-0.3, -0.25) is 9.97 Å². The Balaban J connectivity index is 1.43. The molecular formula is C32H31N3O8. The second-order valence-electron chi connectivity index (χ2n) is 10.2. The number of carboxylic acid groups (broad SMARTS) is 1. The number of anilines is 2. The minimum absolute atomic E-state index is 0.0456. The molecule has 1 saturated heterocycles. The third kappa shape index (κ3) is 5.89. The van der Waals surface area contributed by atoms with E-state index < -0.39 is 11.9 Å². The number of nitrogens with one attached hydrogen (secondary N) is 1. The van der Waals surface area contributed by atoms with Gasteiger partial charge in [0.15, 0.2) is 11.5 Å². The van der Waals surface area contributed by atoms with Gasteiger partial charge in [-0.15, -0.1) is 0 Å². The van der Waals surface area contributed by atoms with Crippen molar-refractivity contribution in [1.82, 2.24) is 9.97 Å². The van der Waals surface area contributed by atoms with Crippen LogP contribution in [0.25, 0.3) is 22.0 Å². The molecule has 4 heterocycles. The van der Waals surface area contributed by atoms with Crippen molar-refractivity contribution in [3.8, 4) is 28.4 Å². The molecule has 0 aliphatic carbocycles. The third-order valence-corrected chi connectivity index (χ3v) is 7.31. The van der Waals surface area contributed by atoms with Crippen molar-refractivity contribution in [2.75, 3.05) is 38.4 Å². The number of aryl methyl sites for hydroxylation is 1. The standard InChI is InChI=1S/C32H31N3O8/c1-3-40-32(38)26-17-34-27-14-19(25-16-33-18(2)29-30(25)42-11-10-41-29)4-5-24(27)28(26)35-21-12-20(31(36)37)13-23(15-21)43-22-6-8-39-9-7-22/h4-5,12-17,22H,3,6-11H2,1-2H3,(H,34,35)(H,36,37). The average Bonchev–Trinajstić information content (AvgIpc) is 3.02. The zero-order valence-electron chi connectivity index (χ0n) is 23.8. The van der Waals surface area contributed by atoms with Crippen LogP contribution >= 0.6 is 0 Å². The van der Waals surface area contributed by atoms with Crippen LogP contribution in [-0.4, -0.2) is 66.2 Å². The molecule has 0 bridgehead atoms. The van der Waals surface area contributed by atoms with Crippen LogP contribution in [-0.2, 0) is 9.47 Å². The monoisotopic (exact) mass is 585 g/mol. The van der Waals surface area contributed by atoms with Crippen molar-refractivity contribution < 1.29 is 38.4 Å². The van der Waals surface area contributed by atoms with E-state index in [1.54, 1.807) is 19.2 Å². The molecule has 0 amide bonds. The highest BCUT2D eigenvalue weighted by Crippen LogP contribution is 2.42. The van der Waals surface area contributed by atoms with Gasteiger partial charge in [0.2, 0.25) is 0 Å². The predicted molar refractivity (Wildman–Crippen MR) is 158 cm³/mol. The lowest BCUT2D eigenvalue weighted by molar-refractivity contribution is 0.0255. The molecule has 6 rings (SSSR count). The first kappa shape index (κ1) is 28.2. The molecule has 2 N–H and O–H groups in total. The summed E-state index contributed by atoms with van der Waals surface area (Å²) in [6.07, 6.45) is 4.53. The van der Waals surface area contributed by atoms with Gasteiger partial charge in [-0.2, -0.15) is 0 Å². The minimum atomic E-state index is -1.10. The first-order chi connectivity index (χ1) is 20.9. The van der Waals surface area contributed by atoms with E-state index in [-0.39, 0.29) is 23.8 Å². The third-order valence-electron chi connectivity index (χ3n) is 7.31. The average molecular weight is 586 g/mol. The van der Waals surface area contributed by atoms with Crippen molar-refractivity contribution in [3.05, 3.63) is 65.6 Å². The topological polar surface area (TPSA) is 138 Å². The maximum absolute atomic E-state index is 13.0. The molecule has 0 saturated carbocycles. The molecule has 0 radical (unpaired) electrons. The van der Waals surface area contributed by atoms with Gasteiger partial charge in [-0.25, -0.2) is 9.59 Å². The zero-order valence-corrected chi connectivity index (χ0v) is 23.8. The number of nitrogens with zero attached hydrogens (tertiary/aromatic N) is 2. The van der Waals surface area contributed by atoms with E-state index in [9.17, 15) is 14.7 Å². The fourth-order valence-corrected chi connectivity index (χ4v) is 5.22. The van der Waals surface area contributed by atoms with Gasteiger partial charge in [0, 0.05) is 47.9 Å². The molecule has 2 aromatic heterocycles. The smallest absolute Gasteiger partial charge is 0.341 e. The SMILES string of the molecule is CCOC(=O)c1cnc2cc(-c3cnc(C)c4c3OCCO4)ccc2c1Nc1cc(OC2CCOCC2)cc(C(=O)O)c1. The number of esters is 1. The second kappa shape index (κ2) is 12.1. The second-order valence-corrected chi connectivity index (χ2v) is 10.2. The number of benzene rings is 2. The van der Waals surface area contributed by atoms with Crippen molar-refractivity contribution in [2.24, 2.45) is 0 Å². The fourth-order valence-electron chi connectivity index (χ4n) is 5.22. The summed E-state index contributed by atoms with van der Waals surface area (Å²) in [5.74, 6) is -0.00185. The molecule has 1 fully saturated rings. The maximum atomic E-state index is 13.0. The molecule has 0 spiro atoms. The summed E-state index contributed by atoms with van der Waals surface area (Å²) in [6, 6.07) is 10.3. The van der Waals surface area contributed by atoms with Gasteiger partial charge >= 0.3 is 11.9 Å². The number of rotatable bonds is 8. The molecule has 11 heteroatoms. The van der Waals surface area contributed by atoms with Crippen molar-refractivity contribution >= 4 is 34.2 Å². The molecule has 11 nitrogen and oxygen atoms in total. The van der Waals surface area contributed by atoms with E-state index in [0.29, 0.717) is 78.8 Å². The highest BCUT2D eigenvalue weighted by Gasteiger charge is 2.23. The van der Waals surface area contributed by atoms with Crippen molar-refractivity contribution in [1.29, 1.82) is 0 Å². The van der Waals surface area contributed by atoms with E-state index in [0.717, 1.165) is 16.8 Å². The van der Waals surface area contributed by atoms with Gasteiger partial charge in [-0.1, -0.05) is 12.1 Å². The molecule has 2 aliphatic rings.